The molecule has 0 aromatic heterocycles. The lowest BCUT2D eigenvalue weighted by Crippen LogP contribution is -2.30. The number of allylic oxidation sites excluding steroid dienone is 14. The summed E-state index contributed by atoms with van der Waals surface area (Å²) in [7, 11) is 0. The lowest BCUT2D eigenvalue weighted by Gasteiger charge is -2.18. The number of rotatable bonds is 63. The Hall–Kier alpha value is -3.41. The first-order valence-electron chi connectivity index (χ1n) is 34.6. The van der Waals surface area contributed by atoms with Gasteiger partial charge in [-0.25, -0.2) is 0 Å². The Kier molecular flexibility index (Phi) is 65.2. The zero-order valence-electron chi connectivity index (χ0n) is 53.1. The van der Waals surface area contributed by atoms with E-state index in [2.05, 4.69) is 106 Å². The van der Waals surface area contributed by atoms with Crippen molar-refractivity contribution in [1.82, 2.24) is 0 Å². The van der Waals surface area contributed by atoms with E-state index in [1.54, 1.807) is 0 Å². The molecular weight excluding hydrogens is 985 g/mol. The van der Waals surface area contributed by atoms with E-state index in [1.807, 2.05) is 0 Å². The van der Waals surface area contributed by atoms with Crippen LogP contribution < -0.4 is 0 Å². The first-order valence-corrected chi connectivity index (χ1v) is 34.6. The molecule has 0 spiro atoms. The second kappa shape index (κ2) is 68.1. The van der Waals surface area contributed by atoms with Crippen LogP contribution in [0.3, 0.4) is 0 Å². The zero-order valence-corrected chi connectivity index (χ0v) is 53.1. The summed E-state index contributed by atoms with van der Waals surface area (Å²) in [6.45, 7) is 6.52. The van der Waals surface area contributed by atoms with E-state index >= 15 is 0 Å². The average Bonchev–Trinajstić information content (AvgIpc) is 3.46. The van der Waals surface area contributed by atoms with Crippen LogP contribution in [0.4, 0.5) is 0 Å². The molecule has 1 unspecified atom stereocenters. The largest absolute Gasteiger partial charge is 0.462 e. The Balaban J connectivity index is 4.16. The molecule has 0 radical (unpaired) electrons. The average molecular weight is 1120 g/mol. The fraction of sp³-hybridized carbons (Fsp3) is 0.770. The van der Waals surface area contributed by atoms with Gasteiger partial charge in [0.2, 0.25) is 0 Å². The normalized spacial score (nSPS) is 12.6. The Morgan fingerprint density at radius 3 is 0.800 bits per heavy atom. The van der Waals surface area contributed by atoms with Crippen LogP contribution in [0.25, 0.3) is 0 Å². The number of hydrogen-bond acceptors (Lipinski definition) is 6. The Morgan fingerprint density at radius 2 is 0.500 bits per heavy atom. The standard InChI is InChI=1S/C74H130O6/c1-4-7-10-13-16-19-22-25-28-29-30-31-32-33-34-35-36-37-38-39-40-41-42-43-44-45-47-49-52-55-58-61-64-67-73(76)79-70-71(69-78-72(75)66-63-60-57-54-51-48-27-24-21-18-15-12-9-6-3)80-74(77)68-65-62-59-56-53-50-46-26-23-20-17-14-11-8-5-2/h7,10,15-16,18-19,24-25,27-28,30-31,33-34,71H,4-6,8-9,11-14,17,20-23,26,29,32,35-70H2,1-3H3/b10-7-,18-15-,19-16-,27-24-,28-25-,31-30-,34-33-. The van der Waals surface area contributed by atoms with Crippen LogP contribution in [0.2, 0.25) is 0 Å². The molecule has 0 fully saturated rings. The van der Waals surface area contributed by atoms with Crippen molar-refractivity contribution in [3.63, 3.8) is 0 Å². The van der Waals surface area contributed by atoms with Gasteiger partial charge in [0.1, 0.15) is 13.2 Å². The van der Waals surface area contributed by atoms with Gasteiger partial charge in [0.25, 0.3) is 0 Å². The molecule has 0 heterocycles. The SMILES string of the molecule is CC/C=C\C/C=C\C/C=C\C/C=C\C/C=C\CCCCCCCCCCCCCCCCCCCC(=O)OCC(COC(=O)CCCCCCC/C=C\C/C=C\CCCC)OC(=O)CCCCCCCCCCCCCCCCC. The maximum Gasteiger partial charge on any atom is 0.306 e. The van der Waals surface area contributed by atoms with Gasteiger partial charge in [-0.1, -0.05) is 324 Å². The van der Waals surface area contributed by atoms with Crippen molar-refractivity contribution in [2.24, 2.45) is 0 Å². The number of carbonyl (C=O) groups excluding carboxylic acids is 3. The van der Waals surface area contributed by atoms with Gasteiger partial charge in [0.05, 0.1) is 0 Å². The number of unbranched alkanes of at least 4 members (excludes halogenated alkanes) is 38. The van der Waals surface area contributed by atoms with Crippen LogP contribution in [-0.2, 0) is 28.6 Å². The maximum absolute atomic E-state index is 12.9. The van der Waals surface area contributed by atoms with Gasteiger partial charge in [-0.3, -0.25) is 14.4 Å². The van der Waals surface area contributed by atoms with Crippen LogP contribution in [0, 0.1) is 0 Å². The molecule has 0 bridgehead atoms. The summed E-state index contributed by atoms with van der Waals surface area (Å²) >= 11 is 0. The summed E-state index contributed by atoms with van der Waals surface area (Å²) in [4.78, 5) is 38.3. The molecule has 80 heavy (non-hydrogen) atoms. The van der Waals surface area contributed by atoms with Gasteiger partial charge in [0, 0.05) is 19.3 Å². The molecule has 0 aliphatic rings. The second-order valence-electron chi connectivity index (χ2n) is 23.1. The van der Waals surface area contributed by atoms with E-state index in [-0.39, 0.29) is 31.1 Å². The van der Waals surface area contributed by atoms with Gasteiger partial charge in [-0.05, 0) is 89.9 Å². The molecular formula is C74H130O6. The van der Waals surface area contributed by atoms with Crippen molar-refractivity contribution in [1.29, 1.82) is 0 Å². The summed E-state index contributed by atoms with van der Waals surface area (Å²) in [5, 5.41) is 0. The van der Waals surface area contributed by atoms with E-state index in [9.17, 15) is 14.4 Å². The summed E-state index contributed by atoms with van der Waals surface area (Å²) in [6.07, 6.45) is 90.4. The van der Waals surface area contributed by atoms with Crippen molar-refractivity contribution in [2.45, 2.75) is 354 Å². The Morgan fingerprint density at radius 1 is 0.263 bits per heavy atom. The summed E-state index contributed by atoms with van der Waals surface area (Å²) in [5.74, 6) is -0.870. The van der Waals surface area contributed by atoms with Gasteiger partial charge < -0.3 is 14.2 Å². The molecule has 6 nitrogen and oxygen atoms in total. The van der Waals surface area contributed by atoms with E-state index in [0.29, 0.717) is 19.3 Å². The molecule has 0 saturated heterocycles. The number of hydrogen-bond donors (Lipinski definition) is 0. The molecule has 0 rings (SSSR count). The molecule has 1 atom stereocenters. The molecule has 0 N–H and O–H groups in total. The molecule has 0 saturated carbocycles. The highest BCUT2D eigenvalue weighted by molar-refractivity contribution is 5.71. The van der Waals surface area contributed by atoms with Gasteiger partial charge >= 0.3 is 17.9 Å². The first kappa shape index (κ1) is 76.6. The van der Waals surface area contributed by atoms with Crippen molar-refractivity contribution < 1.29 is 28.6 Å². The van der Waals surface area contributed by atoms with E-state index in [4.69, 9.17) is 14.2 Å². The third-order valence-electron chi connectivity index (χ3n) is 15.1. The van der Waals surface area contributed by atoms with Crippen LogP contribution in [0.1, 0.15) is 348 Å². The van der Waals surface area contributed by atoms with E-state index in [0.717, 1.165) is 109 Å². The van der Waals surface area contributed by atoms with Gasteiger partial charge in [-0.2, -0.15) is 0 Å². The second-order valence-corrected chi connectivity index (χ2v) is 23.1. The van der Waals surface area contributed by atoms with Crippen LogP contribution in [-0.4, -0.2) is 37.2 Å². The monoisotopic (exact) mass is 1110 g/mol. The smallest absolute Gasteiger partial charge is 0.306 e. The van der Waals surface area contributed by atoms with Crippen molar-refractivity contribution in [2.75, 3.05) is 13.2 Å². The molecule has 0 aliphatic heterocycles. The minimum Gasteiger partial charge on any atom is -0.462 e. The predicted molar refractivity (Wildman–Crippen MR) is 348 cm³/mol. The first-order chi connectivity index (χ1) is 39.5. The lowest BCUT2D eigenvalue weighted by molar-refractivity contribution is -0.167. The minimum atomic E-state index is -0.779. The summed E-state index contributed by atoms with van der Waals surface area (Å²) in [5.41, 5.74) is 0. The molecule has 6 heteroatoms. The number of ether oxygens (including phenoxy) is 3. The van der Waals surface area contributed by atoms with E-state index in [1.165, 1.54) is 199 Å². The van der Waals surface area contributed by atoms with E-state index < -0.39 is 6.10 Å². The Labute approximate surface area is 496 Å². The third kappa shape index (κ3) is 65.4. The topological polar surface area (TPSA) is 78.9 Å². The molecule has 0 aliphatic carbocycles. The van der Waals surface area contributed by atoms with Crippen molar-refractivity contribution in [3.05, 3.63) is 85.1 Å². The molecule has 0 amide bonds. The highest BCUT2D eigenvalue weighted by Crippen LogP contribution is 2.18. The Bertz CT molecular complexity index is 1520. The van der Waals surface area contributed by atoms with Gasteiger partial charge in [0.15, 0.2) is 6.10 Å². The minimum absolute atomic E-state index is 0.0756. The summed E-state index contributed by atoms with van der Waals surface area (Å²) in [6, 6.07) is 0. The van der Waals surface area contributed by atoms with Crippen LogP contribution in [0.5, 0.6) is 0 Å². The number of carbonyl (C=O) groups is 3. The van der Waals surface area contributed by atoms with Gasteiger partial charge in [-0.15, -0.1) is 0 Å². The zero-order chi connectivity index (χ0) is 57.8. The third-order valence-corrected chi connectivity index (χ3v) is 15.1. The van der Waals surface area contributed by atoms with Crippen molar-refractivity contribution in [3.8, 4) is 0 Å². The van der Waals surface area contributed by atoms with Crippen LogP contribution >= 0.6 is 0 Å². The number of esters is 3. The van der Waals surface area contributed by atoms with Crippen LogP contribution in [0.15, 0.2) is 85.1 Å². The molecule has 0 aromatic rings. The fourth-order valence-corrected chi connectivity index (χ4v) is 9.96. The lowest BCUT2D eigenvalue weighted by atomic mass is 10.0. The maximum atomic E-state index is 12.9. The highest BCUT2D eigenvalue weighted by atomic mass is 16.6. The summed E-state index contributed by atoms with van der Waals surface area (Å²) < 4.78 is 16.9. The predicted octanol–water partition coefficient (Wildman–Crippen LogP) is 23.8. The fourth-order valence-electron chi connectivity index (χ4n) is 9.96. The molecule has 0 aromatic carbocycles. The van der Waals surface area contributed by atoms with Crippen molar-refractivity contribution >= 4 is 17.9 Å². The molecule has 462 valence electrons. The highest BCUT2D eigenvalue weighted by Gasteiger charge is 2.19. The quantitative estimate of drug-likeness (QED) is 0.0261.